The van der Waals surface area contributed by atoms with Crippen molar-refractivity contribution in [3.05, 3.63) is 47.3 Å². The van der Waals surface area contributed by atoms with E-state index in [9.17, 15) is 4.39 Å². The van der Waals surface area contributed by atoms with Crippen LogP contribution < -0.4 is 9.47 Å². The standard InChI is InChI=1S/C25H33FO2/c1-3-5-7-9-17-28-24-15-14-22-21-13-11-20(27-16-8-6-4-2)18-19(21)10-12-23(22)25(24)26/h11,13-15,18H,3-10,12,16-17H2,1-2H3. The van der Waals surface area contributed by atoms with E-state index < -0.39 is 0 Å². The molecule has 0 amide bonds. The number of rotatable bonds is 11. The predicted octanol–water partition coefficient (Wildman–Crippen LogP) is 7.12. The van der Waals surface area contributed by atoms with Gasteiger partial charge in [0.25, 0.3) is 0 Å². The zero-order chi connectivity index (χ0) is 19.8. The highest BCUT2D eigenvalue weighted by Gasteiger charge is 2.22. The van der Waals surface area contributed by atoms with Crippen molar-refractivity contribution >= 4 is 0 Å². The van der Waals surface area contributed by atoms with Gasteiger partial charge in [-0.2, -0.15) is 0 Å². The Morgan fingerprint density at radius 2 is 1.50 bits per heavy atom. The third-order valence-electron chi connectivity index (χ3n) is 5.49. The molecule has 0 unspecified atom stereocenters. The summed E-state index contributed by atoms with van der Waals surface area (Å²) in [6, 6.07) is 10.0. The fourth-order valence-corrected chi connectivity index (χ4v) is 3.85. The number of unbranched alkanes of at least 4 members (excludes halogenated alkanes) is 5. The second kappa shape index (κ2) is 10.5. The van der Waals surface area contributed by atoms with Gasteiger partial charge in [0, 0.05) is 0 Å². The van der Waals surface area contributed by atoms with E-state index >= 15 is 0 Å². The van der Waals surface area contributed by atoms with Crippen LogP contribution in [0, 0.1) is 5.82 Å². The fourth-order valence-electron chi connectivity index (χ4n) is 3.85. The Balaban J connectivity index is 1.69. The van der Waals surface area contributed by atoms with Crippen molar-refractivity contribution in [3.63, 3.8) is 0 Å². The zero-order valence-electron chi connectivity index (χ0n) is 17.4. The van der Waals surface area contributed by atoms with Gasteiger partial charge in [-0.1, -0.05) is 58.1 Å². The molecule has 0 heterocycles. The number of ether oxygens (including phenoxy) is 2. The van der Waals surface area contributed by atoms with E-state index in [1.54, 1.807) is 6.07 Å². The van der Waals surface area contributed by atoms with Gasteiger partial charge in [0.2, 0.25) is 0 Å². The summed E-state index contributed by atoms with van der Waals surface area (Å²) in [6.45, 7) is 5.73. The zero-order valence-corrected chi connectivity index (χ0v) is 17.4. The molecule has 2 nitrogen and oxygen atoms in total. The highest BCUT2D eigenvalue weighted by atomic mass is 19.1. The molecule has 0 N–H and O–H groups in total. The molecule has 0 spiro atoms. The fraction of sp³-hybridized carbons (Fsp3) is 0.520. The topological polar surface area (TPSA) is 18.5 Å². The Kier molecular flexibility index (Phi) is 7.76. The quantitative estimate of drug-likeness (QED) is 0.384. The minimum absolute atomic E-state index is 0.182. The Bertz CT molecular complexity index is 769. The SMILES string of the molecule is CCCCCCOc1ccc2c(c1F)CCc1cc(OCCCCC)ccc1-2. The lowest BCUT2D eigenvalue weighted by Crippen LogP contribution is -2.09. The highest BCUT2D eigenvalue weighted by Crippen LogP contribution is 2.39. The molecule has 0 atom stereocenters. The van der Waals surface area contributed by atoms with Crippen LogP contribution in [0.2, 0.25) is 0 Å². The molecule has 0 fully saturated rings. The van der Waals surface area contributed by atoms with Gasteiger partial charge in [-0.05, 0) is 66.1 Å². The lowest BCUT2D eigenvalue weighted by molar-refractivity contribution is 0.289. The average molecular weight is 385 g/mol. The van der Waals surface area contributed by atoms with Crippen LogP contribution in [0.3, 0.4) is 0 Å². The van der Waals surface area contributed by atoms with Gasteiger partial charge in [-0.25, -0.2) is 4.39 Å². The Hall–Kier alpha value is -2.03. The minimum atomic E-state index is -0.182. The molecule has 0 saturated heterocycles. The van der Waals surface area contributed by atoms with Crippen molar-refractivity contribution < 1.29 is 13.9 Å². The molecule has 1 aliphatic carbocycles. The smallest absolute Gasteiger partial charge is 0.168 e. The van der Waals surface area contributed by atoms with E-state index in [0.29, 0.717) is 18.8 Å². The first kappa shape index (κ1) is 20.7. The average Bonchev–Trinajstić information content (AvgIpc) is 2.72. The van der Waals surface area contributed by atoms with Crippen molar-refractivity contribution in [2.75, 3.05) is 13.2 Å². The lowest BCUT2D eigenvalue weighted by atomic mass is 9.85. The molecule has 2 aromatic carbocycles. The van der Waals surface area contributed by atoms with Crippen molar-refractivity contribution in [2.45, 2.75) is 71.6 Å². The molecular weight excluding hydrogens is 351 g/mol. The van der Waals surface area contributed by atoms with Crippen LogP contribution in [0.25, 0.3) is 11.1 Å². The molecule has 0 bridgehead atoms. The molecule has 28 heavy (non-hydrogen) atoms. The van der Waals surface area contributed by atoms with Crippen LogP contribution in [0.4, 0.5) is 4.39 Å². The van der Waals surface area contributed by atoms with Crippen LogP contribution in [0.15, 0.2) is 30.3 Å². The van der Waals surface area contributed by atoms with E-state index in [1.165, 1.54) is 31.2 Å². The second-order valence-electron chi connectivity index (χ2n) is 7.69. The number of hydrogen-bond acceptors (Lipinski definition) is 2. The van der Waals surface area contributed by atoms with Crippen LogP contribution in [0.1, 0.15) is 69.9 Å². The maximum absolute atomic E-state index is 15.0. The van der Waals surface area contributed by atoms with Crippen LogP contribution in [0.5, 0.6) is 11.5 Å². The molecule has 3 rings (SSSR count). The molecule has 1 aliphatic rings. The maximum atomic E-state index is 15.0. The van der Waals surface area contributed by atoms with Crippen LogP contribution >= 0.6 is 0 Å². The Labute approximate surface area is 169 Å². The molecule has 2 aromatic rings. The summed E-state index contributed by atoms with van der Waals surface area (Å²) in [4.78, 5) is 0. The van der Waals surface area contributed by atoms with Crippen molar-refractivity contribution in [1.29, 1.82) is 0 Å². The third-order valence-corrected chi connectivity index (χ3v) is 5.49. The van der Waals surface area contributed by atoms with Crippen molar-refractivity contribution in [3.8, 4) is 22.6 Å². The largest absolute Gasteiger partial charge is 0.494 e. The maximum Gasteiger partial charge on any atom is 0.168 e. The first-order valence-corrected chi connectivity index (χ1v) is 10.9. The summed E-state index contributed by atoms with van der Waals surface area (Å²) in [5, 5.41) is 0. The summed E-state index contributed by atoms with van der Waals surface area (Å²) < 4.78 is 26.6. The van der Waals surface area contributed by atoms with Crippen molar-refractivity contribution in [1.82, 2.24) is 0 Å². The molecule has 0 aliphatic heterocycles. The van der Waals surface area contributed by atoms with Crippen LogP contribution in [-0.4, -0.2) is 13.2 Å². The third kappa shape index (κ3) is 5.06. The number of benzene rings is 2. The van der Waals surface area contributed by atoms with E-state index in [2.05, 4.69) is 26.0 Å². The molecule has 3 heteroatoms. The molecule has 152 valence electrons. The number of fused-ring (bicyclic) bond motifs is 3. The van der Waals surface area contributed by atoms with Crippen LogP contribution in [-0.2, 0) is 12.8 Å². The summed E-state index contributed by atoms with van der Waals surface area (Å²) >= 11 is 0. The van der Waals surface area contributed by atoms with E-state index in [1.807, 2.05) is 12.1 Å². The summed E-state index contributed by atoms with van der Waals surface area (Å²) in [7, 11) is 0. The lowest BCUT2D eigenvalue weighted by Gasteiger charge is -2.22. The summed E-state index contributed by atoms with van der Waals surface area (Å²) in [6.07, 6.45) is 9.54. The summed E-state index contributed by atoms with van der Waals surface area (Å²) in [5.41, 5.74) is 4.15. The first-order valence-electron chi connectivity index (χ1n) is 10.9. The van der Waals surface area contributed by atoms with Gasteiger partial charge < -0.3 is 9.47 Å². The normalized spacial score (nSPS) is 12.4. The number of aryl methyl sites for hydroxylation is 1. The summed E-state index contributed by atoms with van der Waals surface area (Å²) in [5.74, 6) is 1.14. The second-order valence-corrected chi connectivity index (χ2v) is 7.69. The van der Waals surface area contributed by atoms with Gasteiger partial charge in [0.05, 0.1) is 13.2 Å². The Morgan fingerprint density at radius 3 is 2.32 bits per heavy atom. The molecule has 0 radical (unpaired) electrons. The van der Waals surface area contributed by atoms with E-state index in [4.69, 9.17) is 9.47 Å². The predicted molar refractivity (Wildman–Crippen MR) is 114 cm³/mol. The first-order chi connectivity index (χ1) is 13.7. The van der Waals surface area contributed by atoms with Gasteiger partial charge in [-0.15, -0.1) is 0 Å². The molecule has 0 aromatic heterocycles. The molecule has 0 saturated carbocycles. The van der Waals surface area contributed by atoms with Gasteiger partial charge in [0.15, 0.2) is 11.6 Å². The van der Waals surface area contributed by atoms with Gasteiger partial charge in [-0.3, -0.25) is 0 Å². The van der Waals surface area contributed by atoms with Gasteiger partial charge in [0.1, 0.15) is 5.75 Å². The number of halogens is 1. The molecular formula is C25H33FO2. The van der Waals surface area contributed by atoms with E-state index in [-0.39, 0.29) is 5.82 Å². The minimum Gasteiger partial charge on any atom is -0.494 e. The Morgan fingerprint density at radius 1 is 0.786 bits per heavy atom. The van der Waals surface area contributed by atoms with Gasteiger partial charge >= 0.3 is 0 Å². The monoisotopic (exact) mass is 384 g/mol. The number of hydrogen-bond donors (Lipinski definition) is 0. The van der Waals surface area contributed by atoms with E-state index in [0.717, 1.165) is 54.7 Å². The van der Waals surface area contributed by atoms with Crippen molar-refractivity contribution in [2.24, 2.45) is 0 Å². The highest BCUT2D eigenvalue weighted by molar-refractivity contribution is 5.75.